The molecule has 0 aliphatic carbocycles. The third-order valence-electron chi connectivity index (χ3n) is 2.22. The number of likely N-dealkylation sites (N-methyl/N-ethyl adjacent to an activating group) is 1. The van der Waals surface area contributed by atoms with E-state index in [0.29, 0.717) is 6.04 Å². The van der Waals surface area contributed by atoms with Gasteiger partial charge in [0, 0.05) is 17.5 Å². The average Bonchev–Trinajstić information content (AvgIpc) is 2.47. The number of halogens is 1. The van der Waals surface area contributed by atoms with Gasteiger partial charge >= 0.3 is 0 Å². The molecule has 1 heterocycles. The zero-order valence-electron chi connectivity index (χ0n) is 8.38. The normalized spacial score (nSPS) is 11.5. The van der Waals surface area contributed by atoms with Crippen molar-refractivity contribution in [1.82, 2.24) is 4.90 Å². The third kappa shape index (κ3) is 3.79. The number of hydrogen-bond donors (Lipinski definition) is 0. The van der Waals surface area contributed by atoms with Crippen molar-refractivity contribution in [3.63, 3.8) is 0 Å². The standard InChI is InChI=1S/C10H16BrNS/c1-8(2)12(3)7-6-9-4-5-10(11)13-9/h4-5,8H,6-7H2,1-3H3. The maximum absolute atomic E-state index is 3.47. The molecular weight excluding hydrogens is 246 g/mol. The Balaban J connectivity index is 2.35. The lowest BCUT2D eigenvalue weighted by Gasteiger charge is -2.20. The van der Waals surface area contributed by atoms with Gasteiger partial charge in [0.05, 0.1) is 3.79 Å². The minimum Gasteiger partial charge on any atom is -0.304 e. The monoisotopic (exact) mass is 261 g/mol. The molecule has 3 heteroatoms. The first kappa shape index (κ1) is 11.2. The molecule has 0 radical (unpaired) electrons. The van der Waals surface area contributed by atoms with Crippen LogP contribution in [0.3, 0.4) is 0 Å². The first-order valence-electron chi connectivity index (χ1n) is 4.54. The summed E-state index contributed by atoms with van der Waals surface area (Å²) in [4.78, 5) is 3.83. The molecule has 13 heavy (non-hydrogen) atoms. The van der Waals surface area contributed by atoms with Gasteiger partial charge < -0.3 is 4.90 Å². The minimum absolute atomic E-state index is 0.642. The molecule has 0 spiro atoms. The molecule has 1 aromatic heterocycles. The summed E-state index contributed by atoms with van der Waals surface area (Å²) in [6.45, 7) is 5.60. The number of hydrogen-bond acceptors (Lipinski definition) is 2. The molecule has 0 atom stereocenters. The van der Waals surface area contributed by atoms with Crippen LogP contribution in [0.15, 0.2) is 15.9 Å². The van der Waals surface area contributed by atoms with Gasteiger partial charge in [0.15, 0.2) is 0 Å². The molecule has 0 aromatic carbocycles. The van der Waals surface area contributed by atoms with E-state index in [1.54, 1.807) is 0 Å². The molecule has 0 bridgehead atoms. The van der Waals surface area contributed by atoms with Gasteiger partial charge in [-0.2, -0.15) is 0 Å². The van der Waals surface area contributed by atoms with Crippen molar-refractivity contribution in [1.29, 1.82) is 0 Å². The van der Waals surface area contributed by atoms with Crippen LogP contribution in [0.1, 0.15) is 18.7 Å². The quantitative estimate of drug-likeness (QED) is 0.804. The van der Waals surface area contributed by atoms with Crippen molar-refractivity contribution in [3.05, 3.63) is 20.8 Å². The molecule has 0 N–H and O–H groups in total. The Labute approximate surface area is 92.9 Å². The first-order valence-corrected chi connectivity index (χ1v) is 6.15. The van der Waals surface area contributed by atoms with Gasteiger partial charge in [-0.15, -0.1) is 11.3 Å². The highest BCUT2D eigenvalue weighted by Gasteiger charge is 2.04. The number of thiophene rings is 1. The third-order valence-corrected chi connectivity index (χ3v) is 3.90. The summed E-state index contributed by atoms with van der Waals surface area (Å²) in [6, 6.07) is 4.96. The molecule has 0 unspecified atom stereocenters. The van der Waals surface area contributed by atoms with E-state index in [4.69, 9.17) is 0 Å². The van der Waals surface area contributed by atoms with Crippen molar-refractivity contribution >= 4 is 27.3 Å². The molecule has 1 rings (SSSR count). The average molecular weight is 262 g/mol. The van der Waals surface area contributed by atoms with Gasteiger partial charge in [-0.3, -0.25) is 0 Å². The Bertz CT molecular complexity index is 257. The predicted molar refractivity (Wildman–Crippen MR) is 63.5 cm³/mol. The Kier molecular flexibility index (Phi) is 4.42. The summed E-state index contributed by atoms with van der Waals surface area (Å²) in [5.41, 5.74) is 0. The van der Waals surface area contributed by atoms with Crippen molar-refractivity contribution in [2.24, 2.45) is 0 Å². The second-order valence-electron chi connectivity index (χ2n) is 3.53. The fourth-order valence-corrected chi connectivity index (χ4v) is 2.50. The van der Waals surface area contributed by atoms with Gasteiger partial charge in [-0.05, 0) is 55.4 Å². The van der Waals surface area contributed by atoms with E-state index in [-0.39, 0.29) is 0 Å². The highest BCUT2D eigenvalue weighted by molar-refractivity contribution is 9.11. The Morgan fingerprint density at radius 2 is 2.15 bits per heavy atom. The van der Waals surface area contributed by atoms with E-state index in [9.17, 15) is 0 Å². The molecule has 0 saturated carbocycles. The minimum atomic E-state index is 0.642. The van der Waals surface area contributed by atoms with Gasteiger partial charge in [0.25, 0.3) is 0 Å². The topological polar surface area (TPSA) is 3.24 Å². The van der Waals surface area contributed by atoms with Crippen LogP contribution in [-0.4, -0.2) is 24.5 Å². The van der Waals surface area contributed by atoms with Crippen LogP contribution < -0.4 is 0 Å². The Morgan fingerprint density at radius 3 is 2.62 bits per heavy atom. The second-order valence-corrected chi connectivity index (χ2v) is 6.08. The molecule has 74 valence electrons. The maximum atomic E-state index is 3.47. The smallest absolute Gasteiger partial charge is 0.0701 e. The maximum Gasteiger partial charge on any atom is 0.0701 e. The Morgan fingerprint density at radius 1 is 1.46 bits per heavy atom. The van der Waals surface area contributed by atoms with Crippen molar-refractivity contribution in [3.8, 4) is 0 Å². The Hall–Kier alpha value is 0.140. The van der Waals surface area contributed by atoms with Crippen LogP contribution >= 0.6 is 27.3 Å². The summed E-state index contributed by atoms with van der Waals surface area (Å²) in [5, 5.41) is 0. The van der Waals surface area contributed by atoms with E-state index in [0.717, 1.165) is 13.0 Å². The van der Waals surface area contributed by atoms with E-state index < -0.39 is 0 Å². The van der Waals surface area contributed by atoms with Crippen LogP contribution in [0.2, 0.25) is 0 Å². The summed E-state index contributed by atoms with van der Waals surface area (Å²) in [5.74, 6) is 0. The lowest BCUT2D eigenvalue weighted by molar-refractivity contribution is 0.278. The molecule has 1 nitrogen and oxygen atoms in total. The number of nitrogens with zero attached hydrogens (tertiary/aromatic N) is 1. The van der Waals surface area contributed by atoms with Crippen LogP contribution in [0.4, 0.5) is 0 Å². The lowest BCUT2D eigenvalue weighted by atomic mass is 10.3. The fraction of sp³-hybridized carbons (Fsp3) is 0.600. The second kappa shape index (κ2) is 5.13. The summed E-state index contributed by atoms with van der Waals surface area (Å²) in [7, 11) is 2.17. The van der Waals surface area contributed by atoms with E-state index in [1.807, 2.05) is 11.3 Å². The van der Waals surface area contributed by atoms with E-state index >= 15 is 0 Å². The summed E-state index contributed by atoms with van der Waals surface area (Å²) in [6.07, 6.45) is 1.16. The van der Waals surface area contributed by atoms with Gasteiger partial charge in [-0.25, -0.2) is 0 Å². The molecule has 0 amide bonds. The molecule has 0 aliphatic rings. The highest BCUT2D eigenvalue weighted by Crippen LogP contribution is 2.22. The predicted octanol–water partition coefficient (Wildman–Crippen LogP) is 3.39. The SMILES string of the molecule is CC(C)N(C)CCc1ccc(Br)s1. The van der Waals surface area contributed by atoms with Crippen LogP contribution in [0, 0.1) is 0 Å². The summed E-state index contributed by atoms with van der Waals surface area (Å²) < 4.78 is 1.23. The van der Waals surface area contributed by atoms with Gasteiger partial charge in [-0.1, -0.05) is 0 Å². The van der Waals surface area contributed by atoms with Crippen molar-refractivity contribution < 1.29 is 0 Å². The van der Waals surface area contributed by atoms with Gasteiger partial charge in [0.2, 0.25) is 0 Å². The summed E-state index contributed by atoms with van der Waals surface area (Å²) >= 11 is 5.30. The van der Waals surface area contributed by atoms with Crippen LogP contribution in [0.5, 0.6) is 0 Å². The molecule has 0 fully saturated rings. The van der Waals surface area contributed by atoms with Crippen molar-refractivity contribution in [2.45, 2.75) is 26.3 Å². The largest absolute Gasteiger partial charge is 0.304 e. The molecule has 0 saturated heterocycles. The van der Waals surface area contributed by atoms with E-state index in [2.05, 4.69) is 53.9 Å². The first-order chi connectivity index (χ1) is 6.09. The number of rotatable bonds is 4. The molecule has 1 aromatic rings. The fourth-order valence-electron chi connectivity index (χ4n) is 1.03. The highest BCUT2D eigenvalue weighted by atomic mass is 79.9. The zero-order valence-corrected chi connectivity index (χ0v) is 10.8. The lowest BCUT2D eigenvalue weighted by Crippen LogP contribution is -2.28. The van der Waals surface area contributed by atoms with Crippen LogP contribution in [0.25, 0.3) is 0 Å². The zero-order chi connectivity index (χ0) is 9.84. The van der Waals surface area contributed by atoms with Gasteiger partial charge in [0.1, 0.15) is 0 Å². The molecular formula is C10H16BrNS. The van der Waals surface area contributed by atoms with Crippen LogP contribution in [-0.2, 0) is 6.42 Å². The van der Waals surface area contributed by atoms with Crippen molar-refractivity contribution in [2.75, 3.05) is 13.6 Å². The van der Waals surface area contributed by atoms with E-state index in [1.165, 1.54) is 8.66 Å². The molecule has 0 aliphatic heterocycles.